The van der Waals surface area contributed by atoms with Gasteiger partial charge in [0.05, 0.1) is 83.9 Å². The van der Waals surface area contributed by atoms with E-state index in [-0.39, 0.29) is 109 Å². The van der Waals surface area contributed by atoms with Crippen molar-refractivity contribution in [2.45, 2.75) is 254 Å². The molecule has 1 aromatic rings. The van der Waals surface area contributed by atoms with Gasteiger partial charge in [-0.05, 0) is 149 Å². The molecule has 2 saturated carbocycles. The maximum Gasteiger partial charge on any atom is 1.00 e. The summed E-state index contributed by atoms with van der Waals surface area (Å²) in [6.07, 6.45) is 6.59. The summed E-state index contributed by atoms with van der Waals surface area (Å²) in [7, 11) is 2.42. The Kier molecular flexibility index (Phi) is 47.3. The Balaban J connectivity index is 0.00000133. The molecule has 7 aliphatic rings. The van der Waals surface area contributed by atoms with Crippen LogP contribution in [0.25, 0.3) is 47.3 Å². The molecular formula is C68H107F3N17NaO23S. The van der Waals surface area contributed by atoms with Gasteiger partial charge in [-0.2, -0.15) is 21.6 Å². The second-order valence-electron chi connectivity index (χ2n) is 29.3. The third-order valence-electron chi connectivity index (χ3n) is 17.1. The second-order valence-corrected chi connectivity index (χ2v) is 30.9. The molecule has 2 aliphatic carbocycles. The molecule has 113 heavy (non-hydrogen) atoms. The number of carbonyl (C=O) groups is 10. The largest absolute Gasteiger partial charge is 1.00 e. The van der Waals surface area contributed by atoms with Gasteiger partial charge in [0, 0.05) is 59.7 Å². The summed E-state index contributed by atoms with van der Waals surface area (Å²) in [5, 5.41) is 30.3. The number of aliphatic carboxylic acids is 1. The molecule has 0 radical (unpaired) electrons. The van der Waals surface area contributed by atoms with Gasteiger partial charge < -0.3 is 69.3 Å². The number of esters is 5. The number of alkyl halides is 3. The van der Waals surface area contributed by atoms with Gasteiger partial charge in [-0.1, -0.05) is 71.6 Å². The molecule has 5 aliphatic heterocycles. The van der Waals surface area contributed by atoms with Crippen molar-refractivity contribution in [1.82, 2.24) is 24.9 Å². The van der Waals surface area contributed by atoms with Crippen molar-refractivity contribution in [2.24, 2.45) is 27.2 Å². The Morgan fingerprint density at radius 2 is 0.920 bits per heavy atom. The summed E-state index contributed by atoms with van der Waals surface area (Å²) in [4.78, 5) is 129. The van der Waals surface area contributed by atoms with Crippen LogP contribution in [0.3, 0.4) is 0 Å². The van der Waals surface area contributed by atoms with Crippen LogP contribution in [0.15, 0.2) is 44.5 Å². The molecule has 45 heteroatoms. The fourth-order valence-electron chi connectivity index (χ4n) is 12.0. The van der Waals surface area contributed by atoms with Crippen LogP contribution in [0.1, 0.15) is 164 Å². The van der Waals surface area contributed by atoms with Crippen molar-refractivity contribution in [3.05, 3.63) is 77.1 Å². The van der Waals surface area contributed by atoms with E-state index >= 15 is 0 Å². The second kappa shape index (κ2) is 51.2. The number of aryl methyl sites for hydroxylation is 1. The number of rotatable bonds is 14. The first kappa shape index (κ1) is 104. The number of hydrogen-bond donors (Lipinski definition) is 3. The van der Waals surface area contributed by atoms with Crippen molar-refractivity contribution in [3.63, 3.8) is 0 Å². The molecule has 0 aromatic heterocycles. The van der Waals surface area contributed by atoms with Crippen LogP contribution in [0, 0.1) is 18.8 Å². The summed E-state index contributed by atoms with van der Waals surface area (Å²) in [6, 6.07) is 2.51. The predicted molar refractivity (Wildman–Crippen MR) is 392 cm³/mol. The molecule has 630 valence electrons. The number of aliphatic hydroxyl groups excluding tert-OH is 1. The molecule has 0 spiro atoms. The van der Waals surface area contributed by atoms with Gasteiger partial charge in [0.2, 0.25) is 0 Å². The zero-order valence-corrected chi connectivity index (χ0v) is 69.6. The fraction of sp³-hybridized carbons (Fsp3) is 0.765. The first-order chi connectivity index (χ1) is 52.3. The number of azide groups is 3. The van der Waals surface area contributed by atoms with Gasteiger partial charge >= 0.3 is 89.8 Å². The van der Waals surface area contributed by atoms with Gasteiger partial charge in [0.15, 0.2) is 0 Å². The van der Waals surface area contributed by atoms with E-state index in [0.29, 0.717) is 37.8 Å². The molecule has 8 rings (SSSR count). The van der Waals surface area contributed by atoms with E-state index < -0.39 is 112 Å². The van der Waals surface area contributed by atoms with Crippen LogP contribution in [0.4, 0.5) is 27.6 Å². The number of carbonyl (C=O) groups excluding carboxylic acids is 9. The SMILES string of the molecule is COC(=O)[C@H]1C[C@@H](O)CN1C(=O)OC(C)(C)C.COC(=O)[C@H]1C[C@@H](OS(=O)(=O)c2ccc(C)cc2)CN1C(=O)OC(C)(C)C.COC(=O)[C@H]1C[C@H](N=[N+]=[N-])CN1.COC(=O)[C@H]1C[C@H](N=[N+]=[N-])CN1C(=O)OC(C)(C)C.COC(=O)[C@H]1C[C@H](N=[N+]=[N-])CN1CC1CCCCC1.O=C(O)C(F)(F)F.O=CC1CCCCC1.[N-]=[N+]=[N-].[Na+]. The molecule has 5 saturated heterocycles. The van der Waals surface area contributed by atoms with Gasteiger partial charge in [-0.3, -0.25) is 38.3 Å². The molecule has 3 N–H and O–H groups in total. The maximum atomic E-state index is 12.5. The van der Waals surface area contributed by atoms with E-state index in [1.165, 1.54) is 114 Å². The van der Waals surface area contributed by atoms with Crippen molar-refractivity contribution < 1.29 is 151 Å². The van der Waals surface area contributed by atoms with E-state index in [2.05, 4.69) is 54.5 Å². The topological polar surface area (TPSA) is 558 Å². The first-order valence-corrected chi connectivity index (χ1v) is 37.1. The van der Waals surface area contributed by atoms with Gasteiger partial charge in [-0.25, -0.2) is 33.6 Å². The van der Waals surface area contributed by atoms with Gasteiger partial charge in [0.1, 0.15) is 53.3 Å². The molecule has 0 bridgehead atoms. The molecule has 7 fully saturated rings. The average molecular weight is 1640 g/mol. The predicted octanol–water partition coefficient (Wildman–Crippen LogP) is 7.59. The number of halogens is 3. The molecule has 1 aromatic carbocycles. The van der Waals surface area contributed by atoms with E-state index in [4.69, 9.17) is 65.4 Å². The monoisotopic (exact) mass is 1640 g/mol. The van der Waals surface area contributed by atoms with Gasteiger partial charge in [0.25, 0.3) is 10.1 Å². The number of aldehydes is 1. The first-order valence-electron chi connectivity index (χ1n) is 35.7. The Morgan fingerprint density at radius 3 is 1.32 bits per heavy atom. The minimum absolute atomic E-state index is 0. The third-order valence-corrected chi connectivity index (χ3v) is 18.5. The van der Waals surface area contributed by atoms with Crippen LogP contribution >= 0.6 is 0 Å². The molecule has 40 nitrogen and oxygen atoms in total. The number of nitrogens with zero attached hydrogens (tertiary/aromatic N) is 16. The van der Waals surface area contributed by atoms with Crippen LogP contribution in [-0.4, -0.2) is 257 Å². The number of methoxy groups -OCH3 is 5. The summed E-state index contributed by atoms with van der Waals surface area (Å²) in [5.74, 6) is -3.91. The molecule has 10 atom stereocenters. The Labute approximate surface area is 676 Å². The smallest absolute Gasteiger partial charge is 0.475 e. The zero-order chi connectivity index (χ0) is 85.5. The fourth-order valence-corrected chi connectivity index (χ4v) is 13.1. The van der Waals surface area contributed by atoms with Gasteiger partial charge in [-0.15, -0.1) is 0 Å². The zero-order valence-electron chi connectivity index (χ0n) is 66.8. The van der Waals surface area contributed by atoms with Crippen LogP contribution in [0.5, 0.6) is 0 Å². The van der Waals surface area contributed by atoms with Crippen LogP contribution in [0.2, 0.25) is 0 Å². The third kappa shape index (κ3) is 39.8. The van der Waals surface area contributed by atoms with Crippen LogP contribution < -0.4 is 34.9 Å². The van der Waals surface area contributed by atoms with Crippen LogP contribution in [-0.2, 0) is 85.8 Å². The minimum atomic E-state index is -5.08. The van der Waals surface area contributed by atoms with E-state index in [1.54, 1.807) is 74.4 Å². The molecular weight excluding hydrogens is 1530 g/mol. The number of benzene rings is 1. The standard InChI is InChI=1S/C18H25NO7S.C13H22N4O2.C11H18N4O4.C11H19NO5.C7H12O.C6H10N4O2.C2HF3O2.N3.Na/c1-12-6-8-14(9-7-12)27(22,23)26-13-10-15(16(20)24-5)19(11-13)17(21)25-18(2,3)4;1-19-13(18)12-7-11(15-16-14)9-17(12)8-10-5-3-2-4-6-10;1-11(2,3)19-10(17)15-6-7(13-14-12)5-8(15)9(16)18-4;1-11(2,3)17-10(15)12-6-7(13)5-8(12)9(14)16-4;8-6-7-4-2-1-3-5-7;1-12-6(11)5-2-4(3-8-5)9-10-7;3-2(4,5)1(6)7;1-3-2;/h6-9,13,15H,10-11H2,1-5H3;10-12H,2-9H2,1H3;7-8H,5-6H2,1-4H3;7-8,13H,5-6H2,1-4H3;6-7H,1-5H2;4-5,8H,2-3H2,1H3;(H,6,7);;/q;;;;;;;-1;+1/t13-,15-;11-,12+;7-,8+;7-,8-;;4-,5+;;;/m1001.0.../s1. The summed E-state index contributed by atoms with van der Waals surface area (Å²) >= 11 is 0. The number of aliphatic hydroxyl groups is 1. The number of amides is 3. The summed E-state index contributed by atoms with van der Waals surface area (Å²) in [5.41, 5.74) is 37.5. The van der Waals surface area contributed by atoms with Crippen molar-refractivity contribution in [2.75, 3.05) is 74.8 Å². The van der Waals surface area contributed by atoms with E-state index in [0.717, 1.165) is 36.1 Å². The molecule has 5 heterocycles. The Hall–Kier alpha value is -8.66. The molecule has 3 amide bonds. The average Bonchev–Trinajstić information content (AvgIpc) is 1.56. The summed E-state index contributed by atoms with van der Waals surface area (Å²) < 4.78 is 101. The number of ether oxygens (including phenoxy) is 8. The van der Waals surface area contributed by atoms with E-state index in [1.807, 2.05) is 6.92 Å². The number of nitrogens with one attached hydrogen (secondary N) is 1. The number of likely N-dealkylation sites (tertiary alicyclic amines) is 4. The normalized spacial score (nSPS) is 22.6. The Morgan fingerprint density at radius 1 is 0.549 bits per heavy atom. The molecule has 0 unspecified atom stereocenters. The van der Waals surface area contributed by atoms with Crippen molar-refractivity contribution in [1.29, 1.82) is 0 Å². The quantitative estimate of drug-likeness (QED) is 0.0236. The minimum Gasteiger partial charge on any atom is -0.475 e. The van der Waals surface area contributed by atoms with E-state index in [9.17, 15) is 69.8 Å². The van der Waals surface area contributed by atoms with Crippen molar-refractivity contribution >= 4 is 70.5 Å². The maximum absolute atomic E-state index is 12.5. The number of carboxylic acid groups (broad SMARTS) is 1. The van der Waals surface area contributed by atoms with Crippen molar-refractivity contribution in [3.8, 4) is 0 Å². The number of hydrogen-bond acceptors (Lipinski definition) is 27. The Bertz CT molecular complexity index is 3540. The summed E-state index contributed by atoms with van der Waals surface area (Å²) in [6.45, 7) is 19.7. The number of carboxylic acids is 1. The number of β-amino-alcohol motifs (C(OH)–C–C–N with tert-alkyl or cyclic N) is 1.